The molecule has 18 heavy (non-hydrogen) atoms. The molecule has 0 aliphatic carbocycles. The fourth-order valence-corrected chi connectivity index (χ4v) is 3.54. The van der Waals surface area contributed by atoms with Crippen molar-refractivity contribution < 1.29 is 0 Å². The summed E-state index contributed by atoms with van der Waals surface area (Å²) < 4.78 is 0. The van der Waals surface area contributed by atoms with Gasteiger partial charge >= 0.3 is 0 Å². The van der Waals surface area contributed by atoms with Crippen molar-refractivity contribution in [1.29, 1.82) is 0 Å². The van der Waals surface area contributed by atoms with E-state index in [1.54, 1.807) is 0 Å². The van der Waals surface area contributed by atoms with Crippen molar-refractivity contribution in [2.75, 3.05) is 6.54 Å². The molecule has 2 heterocycles. The van der Waals surface area contributed by atoms with E-state index < -0.39 is 0 Å². The average Bonchev–Trinajstić information content (AvgIpc) is 2.84. The Labute approximate surface area is 115 Å². The van der Waals surface area contributed by atoms with Gasteiger partial charge in [-0.25, -0.2) is 0 Å². The zero-order chi connectivity index (χ0) is 13.2. The van der Waals surface area contributed by atoms with E-state index >= 15 is 0 Å². The Morgan fingerprint density at radius 2 is 2.06 bits per heavy atom. The molecule has 0 saturated carbocycles. The second-order valence-corrected chi connectivity index (χ2v) is 7.49. The minimum absolute atomic E-state index is 0.389. The van der Waals surface area contributed by atoms with E-state index in [0.29, 0.717) is 11.6 Å². The SMILES string of the molecule is CC(C)NCc1ccc(CN2CCCC2(C)C)s1. The van der Waals surface area contributed by atoms with E-state index in [4.69, 9.17) is 0 Å². The molecule has 1 aromatic rings. The molecule has 0 radical (unpaired) electrons. The van der Waals surface area contributed by atoms with Crippen LogP contribution in [0.3, 0.4) is 0 Å². The first kappa shape index (κ1) is 14.0. The fourth-order valence-electron chi connectivity index (χ4n) is 2.55. The van der Waals surface area contributed by atoms with E-state index in [1.165, 1.54) is 29.1 Å². The largest absolute Gasteiger partial charge is 0.310 e. The van der Waals surface area contributed by atoms with Crippen LogP contribution >= 0.6 is 11.3 Å². The van der Waals surface area contributed by atoms with Gasteiger partial charge in [0.25, 0.3) is 0 Å². The van der Waals surface area contributed by atoms with Gasteiger partial charge in [-0.15, -0.1) is 11.3 Å². The summed E-state index contributed by atoms with van der Waals surface area (Å²) in [6, 6.07) is 5.14. The number of hydrogen-bond donors (Lipinski definition) is 1. The lowest BCUT2D eigenvalue weighted by atomic mass is 10.0. The smallest absolute Gasteiger partial charge is 0.0333 e. The van der Waals surface area contributed by atoms with Gasteiger partial charge in [-0.3, -0.25) is 4.90 Å². The van der Waals surface area contributed by atoms with Gasteiger partial charge in [-0.05, 0) is 45.4 Å². The molecule has 0 aromatic carbocycles. The summed E-state index contributed by atoms with van der Waals surface area (Å²) in [7, 11) is 0. The Morgan fingerprint density at radius 3 is 2.67 bits per heavy atom. The molecule has 2 nitrogen and oxygen atoms in total. The maximum atomic E-state index is 3.48. The highest BCUT2D eigenvalue weighted by molar-refractivity contribution is 7.11. The van der Waals surface area contributed by atoms with Gasteiger partial charge in [0, 0.05) is 34.4 Å². The van der Waals surface area contributed by atoms with Crippen LogP contribution in [0.25, 0.3) is 0 Å². The summed E-state index contributed by atoms with van der Waals surface area (Å²) in [6.07, 6.45) is 2.68. The standard InChI is InChI=1S/C15H26N2S/c1-12(2)16-10-13-6-7-14(18-13)11-17-9-5-8-15(17,3)4/h6-7,12,16H,5,8-11H2,1-4H3. The summed E-state index contributed by atoms with van der Waals surface area (Å²) in [5.41, 5.74) is 0.389. The third-order valence-corrected chi connectivity index (χ3v) is 4.89. The summed E-state index contributed by atoms with van der Waals surface area (Å²) in [6.45, 7) is 12.5. The number of nitrogens with zero attached hydrogens (tertiary/aromatic N) is 1. The molecule has 1 saturated heterocycles. The molecule has 0 atom stereocenters. The quantitative estimate of drug-likeness (QED) is 0.875. The fraction of sp³-hybridized carbons (Fsp3) is 0.733. The second-order valence-electron chi connectivity index (χ2n) is 6.24. The minimum atomic E-state index is 0.389. The number of thiophene rings is 1. The molecule has 2 rings (SSSR count). The molecular formula is C15H26N2S. The Balaban J connectivity index is 1.90. The highest BCUT2D eigenvalue weighted by Gasteiger charge is 2.31. The zero-order valence-corrected chi connectivity index (χ0v) is 12.9. The molecule has 102 valence electrons. The van der Waals surface area contributed by atoms with Crippen molar-refractivity contribution in [1.82, 2.24) is 10.2 Å². The van der Waals surface area contributed by atoms with Crippen molar-refractivity contribution >= 4 is 11.3 Å². The van der Waals surface area contributed by atoms with Crippen LogP contribution in [0.5, 0.6) is 0 Å². The average molecular weight is 266 g/mol. The van der Waals surface area contributed by atoms with Gasteiger partial charge in [0.15, 0.2) is 0 Å². The Kier molecular flexibility index (Phi) is 4.46. The molecule has 0 spiro atoms. The highest BCUT2D eigenvalue weighted by atomic mass is 32.1. The van der Waals surface area contributed by atoms with Crippen LogP contribution in [-0.2, 0) is 13.1 Å². The molecule has 1 N–H and O–H groups in total. The van der Waals surface area contributed by atoms with E-state index in [9.17, 15) is 0 Å². The van der Waals surface area contributed by atoms with Gasteiger partial charge in [-0.1, -0.05) is 13.8 Å². The van der Waals surface area contributed by atoms with Crippen LogP contribution in [0.1, 0.15) is 50.3 Å². The second kappa shape index (κ2) is 5.72. The maximum absolute atomic E-state index is 3.48. The predicted molar refractivity (Wildman–Crippen MR) is 80.0 cm³/mol. The van der Waals surface area contributed by atoms with Crippen LogP contribution in [-0.4, -0.2) is 23.0 Å². The number of hydrogen-bond acceptors (Lipinski definition) is 3. The minimum Gasteiger partial charge on any atom is -0.310 e. The van der Waals surface area contributed by atoms with Crippen LogP contribution in [0.2, 0.25) is 0 Å². The first-order valence-corrected chi connectivity index (χ1v) is 7.85. The molecular weight excluding hydrogens is 240 g/mol. The molecule has 1 aromatic heterocycles. The van der Waals surface area contributed by atoms with Crippen LogP contribution < -0.4 is 5.32 Å². The normalized spacial score (nSPS) is 19.8. The lowest BCUT2D eigenvalue weighted by Crippen LogP contribution is -2.37. The van der Waals surface area contributed by atoms with Crippen molar-refractivity contribution in [3.05, 3.63) is 21.9 Å². The molecule has 0 unspecified atom stereocenters. The molecule has 1 fully saturated rings. The van der Waals surface area contributed by atoms with Crippen LogP contribution in [0, 0.1) is 0 Å². The van der Waals surface area contributed by atoms with Crippen LogP contribution in [0.4, 0.5) is 0 Å². The van der Waals surface area contributed by atoms with Crippen molar-refractivity contribution in [3.63, 3.8) is 0 Å². The van der Waals surface area contributed by atoms with E-state index in [-0.39, 0.29) is 0 Å². The Morgan fingerprint density at radius 1 is 1.33 bits per heavy atom. The third kappa shape index (κ3) is 3.56. The van der Waals surface area contributed by atoms with Gasteiger partial charge < -0.3 is 5.32 Å². The Bertz CT molecular complexity index is 382. The monoisotopic (exact) mass is 266 g/mol. The predicted octanol–water partition coefficient (Wildman–Crippen LogP) is 3.62. The van der Waals surface area contributed by atoms with Crippen molar-refractivity contribution in [2.24, 2.45) is 0 Å². The molecule has 0 bridgehead atoms. The van der Waals surface area contributed by atoms with Gasteiger partial charge in [0.2, 0.25) is 0 Å². The zero-order valence-electron chi connectivity index (χ0n) is 12.1. The molecule has 3 heteroatoms. The lowest BCUT2D eigenvalue weighted by Gasteiger charge is -2.31. The van der Waals surface area contributed by atoms with E-state index in [1.807, 2.05) is 11.3 Å². The first-order valence-electron chi connectivity index (χ1n) is 7.03. The maximum Gasteiger partial charge on any atom is 0.0333 e. The van der Waals surface area contributed by atoms with E-state index in [0.717, 1.165) is 13.1 Å². The lowest BCUT2D eigenvalue weighted by molar-refractivity contribution is 0.168. The first-order chi connectivity index (χ1) is 8.47. The van der Waals surface area contributed by atoms with Gasteiger partial charge in [0.05, 0.1) is 0 Å². The number of nitrogens with one attached hydrogen (secondary N) is 1. The number of rotatable bonds is 5. The topological polar surface area (TPSA) is 15.3 Å². The van der Waals surface area contributed by atoms with Gasteiger partial charge in [0.1, 0.15) is 0 Å². The summed E-state index contributed by atoms with van der Waals surface area (Å²) in [4.78, 5) is 5.58. The summed E-state index contributed by atoms with van der Waals surface area (Å²) in [5, 5.41) is 3.48. The van der Waals surface area contributed by atoms with Gasteiger partial charge in [-0.2, -0.15) is 0 Å². The van der Waals surface area contributed by atoms with Crippen LogP contribution in [0.15, 0.2) is 12.1 Å². The summed E-state index contributed by atoms with van der Waals surface area (Å²) in [5.74, 6) is 0. The summed E-state index contributed by atoms with van der Waals surface area (Å²) >= 11 is 1.96. The Hall–Kier alpha value is -0.380. The molecule has 1 aliphatic rings. The molecule has 1 aliphatic heterocycles. The third-order valence-electron chi connectivity index (χ3n) is 3.82. The molecule has 0 amide bonds. The van der Waals surface area contributed by atoms with E-state index in [2.05, 4.69) is 50.0 Å². The highest BCUT2D eigenvalue weighted by Crippen LogP contribution is 2.31. The van der Waals surface area contributed by atoms with Crippen molar-refractivity contribution in [2.45, 2.75) is 65.2 Å². The van der Waals surface area contributed by atoms with Crippen molar-refractivity contribution in [3.8, 4) is 0 Å². The number of likely N-dealkylation sites (tertiary alicyclic amines) is 1.